The number of carbonyl (C=O) groups excluding carboxylic acids is 1. The molecule has 0 aliphatic carbocycles. The molecule has 2 heterocycles. The van der Waals surface area contributed by atoms with E-state index in [1.54, 1.807) is 24.8 Å². The largest absolute Gasteiger partial charge is 0.368 e. The fourth-order valence-corrected chi connectivity index (χ4v) is 3.56. The van der Waals surface area contributed by atoms with Crippen molar-refractivity contribution in [3.05, 3.63) is 95.6 Å². The first-order chi connectivity index (χ1) is 14.1. The number of amides is 1. The number of carbonyl (C=O) groups is 1. The number of primary amides is 1. The van der Waals surface area contributed by atoms with Gasteiger partial charge < -0.3 is 5.73 Å². The van der Waals surface area contributed by atoms with Crippen molar-refractivity contribution in [3.63, 3.8) is 0 Å². The third-order valence-corrected chi connectivity index (χ3v) is 5.40. The molecule has 0 fully saturated rings. The van der Waals surface area contributed by atoms with Crippen LogP contribution in [0.1, 0.15) is 35.6 Å². The summed E-state index contributed by atoms with van der Waals surface area (Å²) in [7, 11) is 0. The Balaban J connectivity index is 1.84. The molecule has 1 atom stereocenters. The van der Waals surface area contributed by atoms with Crippen LogP contribution in [0.15, 0.2) is 73.3 Å². The second-order valence-corrected chi connectivity index (χ2v) is 7.21. The first kappa shape index (κ1) is 20.7. The Hall–Kier alpha value is -3.05. The van der Waals surface area contributed by atoms with E-state index >= 15 is 0 Å². The second kappa shape index (κ2) is 9.94. The summed E-state index contributed by atoms with van der Waals surface area (Å²) in [6.45, 7) is 2.76. The first-order valence-corrected chi connectivity index (χ1v) is 10.1. The van der Waals surface area contributed by atoms with Crippen LogP contribution in [-0.4, -0.2) is 22.4 Å². The van der Waals surface area contributed by atoms with Crippen LogP contribution in [0.5, 0.6) is 0 Å². The number of rotatable bonds is 10. The summed E-state index contributed by atoms with van der Waals surface area (Å²) < 4.78 is 0. The van der Waals surface area contributed by atoms with Crippen LogP contribution >= 0.6 is 0 Å². The Bertz CT molecular complexity index is 897. The molecule has 0 spiro atoms. The molecular weight excluding hydrogens is 360 g/mol. The SMILES string of the molecule is CCc1ccc(C(CCc2ccncc2)(NCCc2ccncc2)C(N)=O)cc1. The van der Waals surface area contributed by atoms with Gasteiger partial charge in [0.15, 0.2) is 0 Å². The number of hydrogen-bond donors (Lipinski definition) is 2. The Morgan fingerprint density at radius 2 is 1.41 bits per heavy atom. The summed E-state index contributed by atoms with van der Waals surface area (Å²) in [5.74, 6) is -0.356. The van der Waals surface area contributed by atoms with E-state index in [2.05, 4.69) is 34.3 Å². The number of pyridine rings is 2. The minimum Gasteiger partial charge on any atom is -0.368 e. The molecule has 0 saturated heterocycles. The van der Waals surface area contributed by atoms with E-state index in [1.807, 2.05) is 36.4 Å². The minimum absolute atomic E-state index is 0.356. The fraction of sp³-hybridized carbons (Fsp3) is 0.292. The van der Waals surface area contributed by atoms with Gasteiger partial charge in [-0.25, -0.2) is 0 Å². The molecule has 2 aromatic heterocycles. The molecule has 1 unspecified atom stereocenters. The average molecular weight is 389 g/mol. The molecule has 150 valence electrons. The quantitative estimate of drug-likeness (QED) is 0.559. The Labute approximate surface area is 172 Å². The van der Waals surface area contributed by atoms with E-state index < -0.39 is 5.54 Å². The van der Waals surface area contributed by atoms with E-state index in [0.717, 1.165) is 30.4 Å². The second-order valence-electron chi connectivity index (χ2n) is 7.21. The van der Waals surface area contributed by atoms with Gasteiger partial charge >= 0.3 is 0 Å². The van der Waals surface area contributed by atoms with Gasteiger partial charge in [-0.3, -0.25) is 20.1 Å². The van der Waals surface area contributed by atoms with Gasteiger partial charge in [0.05, 0.1) is 0 Å². The van der Waals surface area contributed by atoms with Crippen LogP contribution < -0.4 is 11.1 Å². The van der Waals surface area contributed by atoms with Crippen molar-refractivity contribution in [1.82, 2.24) is 15.3 Å². The third kappa shape index (κ3) is 5.27. The smallest absolute Gasteiger partial charge is 0.242 e. The van der Waals surface area contributed by atoms with E-state index in [0.29, 0.717) is 13.0 Å². The van der Waals surface area contributed by atoms with Gasteiger partial charge in [0.2, 0.25) is 5.91 Å². The first-order valence-electron chi connectivity index (χ1n) is 10.1. The van der Waals surface area contributed by atoms with Gasteiger partial charge in [-0.05, 0) is 72.2 Å². The van der Waals surface area contributed by atoms with Crippen LogP contribution in [0.2, 0.25) is 0 Å². The Morgan fingerprint density at radius 1 is 0.862 bits per heavy atom. The molecule has 29 heavy (non-hydrogen) atoms. The molecule has 0 radical (unpaired) electrons. The van der Waals surface area contributed by atoms with Crippen molar-refractivity contribution >= 4 is 5.91 Å². The van der Waals surface area contributed by atoms with Crippen molar-refractivity contribution in [2.45, 2.75) is 38.1 Å². The molecular formula is C24H28N4O. The lowest BCUT2D eigenvalue weighted by molar-refractivity contribution is -0.125. The number of hydrogen-bond acceptors (Lipinski definition) is 4. The highest BCUT2D eigenvalue weighted by Crippen LogP contribution is 2.28. The van der Waals surface area contributed by atoms with Crippen LogP contribution in [0.4, 0.5) is 0 Å². The molecule has 5 heteroatoms. The molecule has 3 rings (SSSR count). The van der Waals surface area contributed by atoms with Gasteiger partial charge in [-0.1, -0.05) is 31.2 Å². The number of benzene rings is 1. The number of nitrogens with one attached hydrogen (secondary N) is 1. The summed E-state index contributed by atoms with van der Waals surface area (Å²) in [4.78, 5) is 20.9. The zero-order valence-corrected chi connectivity index (χ0v) is 16.8. The van der Waals surface area contributed by atoms with E-state index in [-0.39, 0.29) is 5.91 Å². The maximum atomic E-state index is 12.8. The maximum absolute atomic E-state index is 12.8. The molecule has 0 saturated carbocycles. The summed E-state index contributed by atoms with van der Waals surface area (Å²) in [6.07, 6.45) is 10.2. The maximum Gasteiger partial charge on any atom is 0.242 e. The molecule has 0 aliphatic heterocycles. The number of nitrogens with two attached hydrogens (primary N) is 1. The van der Waals surface area contributed by atoms with Crippen molar-refractivity contribution in [2.24, 2.45) is 5.73 Å². The third-order valence-electron chi connectivity index (χ3n) is 5.40. The molecule has 1 amide bonds. The fourth-order valence-electron chi connectivity index (χ4n) is 3.56. The highest BCUT2D eigenvalue weighted by atomic mass is 16.1. The van der Waals surface area contributed by atoms with Crippen LogP contribution in [0.3, 0.4) is 0 Å². The zero-order valence-electron chi connectivity index (χ0n) is 16.8. The Kier molecular flexibility index (Phi) is 7.09. The summed E-state index contributed by atoms with van der Waals surface area (Å²) >= 11 is 0. The molecule has 1 aromatic carbocycles. The highest BCUT2D eigenvalue weighted by molar-refractivity contribution is 5.86. The molecule has 0 bridgehead atoms. The normalized spacial score (nSPS) is 13.0. The predicted molar refractivity (Wildman–Crippen MR) is 115 cm³/mol. The van der Waals surface area contributed by atoms with Crippen LogP contribution in [0.25, 0.3) is 0 Å². The number of aryl methyl sites for hydroxylation is 2. The molecule has 3 N–H and O–H groups in total. The lowest BCUT2D eigenvalue weighted by Crippen LogP contribution is -2.53. The van der Waals surface area contributed by atoms with Gasteiger partial charge in [-0.15, -0.1) is 0 Å². The highest BCUT2D eigenvalue weighted by Gasteiger charge is 2.37. The van der Waals surface area contributed by atoms with Gasteiger partial charge in [0.25, 0.3) is 0 Å². The molecule has 0 aliphatic rings. The average Bonchev–Trinajstić information content (AvgIpc) is 2.77. The van der Waals surface area contributed by atoms with Crippen molar-refractivity contribution in [2.75, 3.05) is 6.54 Å². The summed E-state index contributed by atoms with van der Waals surface area (Å²) in [6, 6.07) is 16.1. The van der Waals surface area contributed by atoms with Crippen molar-refractivity contribution < 1.29 is 4.79 Å². The molecule has 5 nitrogen and oxygen atoms in total. The van der Waals surface area contributed by atoms with E-state index in [1.165, 1.54) is 11.1 Å². The molecule has 3 aromatic rings. The lowest BCUT2D eigenvalue weighted by atomic mass is 9.82. The van der Waals surface area contributed by atoms with E-state index in [4.69, 9.17) is 5.73 Å². The Morgan fingerprint density at radius 3 is 1.93 bits per heavy atom. The predicted octanol–water partition coefficient (Wildman–Crippen LogP) is 3.18. The zero-order chi connectivity index (χ0) is 20.5. The van der Waals surface area contributed by atoms with E-state index in [9.17, 15) is 4.79 Å². The standard InChI is InChI=1S/C24H28N4O/c1-2-19-3-5-22(6-4-19)24(23(25)29,13-7-20-8-14-26-15-9-20)28-18-12-21-10-16-27-17-11-21/h3-6,8-11,14-17,28H,2,7,12-13,18H2,1H3,(H2,25,29). The van der Waals surface area contributed by atoms with Crippen molar-refractivity contribution in [3.8, 4) is 0 Å². The number of nitrogens with zero attached hydrogens (tertiary/aromatic N) is 2. The van der Waals surface area contributed by atoms with Crippen molar-refractivity contribution in [1.29, 1.82) is 0 Å². The van der Waals surface area contributed by atoms with Gasteiger partial charge in [0, 0.05) is 31.3 Å². The topological polar surface area (TPSA) is 80.9 Å². The van der Waals surface area contributed by atoms with Crippen LogP contribution in [-0.2, 0) is 29.6 Å². The monoisotopic (exact) mass is 388 g/mol. The van der Waals surface area contributed by atoms with Crippen LogP contribution in [0, 0.1) is 0 Å². The van der Waals surface area contributed by atoms with Gasteiger partial charge in [0.1, 0.15) is 5.54 Å². The van der Waals surface area contributed by atoms with Gasteiger partial charge in [-0.2, -0.15) is 0 Å². The number of aromatic nitrogens is 2. The minimum atomic E-state index is -0.928. The summed E-state index contributed by atoms with van der Waals surface area (Å²) in [5, 5.41) is 3.49. The summed E-state index contributed by atoms with van der Waals surface area (Å²) in [5.41, 5.74) is 9.51. The lowest BCUT2D eigenvalue weighted by Gasteiger charge is -2.33.